The van der Waals surface area contributed by atoms with Crippen molar-refractivity contribution in [1.82, 2.24) is 0 Å². The first-order valence-electron chi connectivity index (χ1n) is 5.95. The Hall–Kier alpha value is -0.530. The van der Waals surface area contributed by atoms with Gasteiger partial charge in [0.05, 0.1) is 0 Å². The van der Waals surface area contributed by atoms with Crippen LogP contribution in [0, 0.1) is 11.8 Å². The summed E-state index contributed by atoms with van der Waals surface area (Å²) in [7, 11) is 0. The summed E-state index contributed by atoms with van der Waals surface area (Å²) in [6, 6.07) is 0. The van der Waals surface area contributed by atoms with Gasteiger partial charge in [0, 0.05) is 5.97 Å². The van der Waals surface area contributed by atoms with Crippen LogP contribution in [0.25, 0.3) is 0 Å². The zero-order valence-corrected chi connectivity index (χ0v) is 9.13. The molecule has 2 heteroatoms. The van der Waals surface area contributed by atoms with Crippen LogP contribution in [0.4, 0.5) is 0 Å². The number of hydrogen-bond acceptors (Lipinski definition) is 2. The molecule has 0 aliphatic heterocycles. The highest BCUT2D eigenvalue weighted by molar-refractivity contribution is 5.67. The molecule has 0 amide bonds. The van der Waals surface area contributed by atoms with Crippen LogP contribution in [0.15, 0.2) is 0 Å². The van der Waals surface area contributed by atoms with Crippen molar-refractivity contribution in [3.05, 3.63) is 0 Å². The van der Waals surface area contributed by atoms with Gasteiger partial charge in [-0.25, -0.2) is 0 Å². The van der Waals surface area contributed by atoms with Crippen molar-refractivity contribution in [3.63, 3.8) is 0 Å². The molecular formula is C12H21O2-. The molecule has 1 aliphatic rings. The van der Waals surface area contributed by atoms with Gasteiger partial charge in [-0.2, -0.15) is 0 Å². The maximum absolute atomic E-state index is 10.6. The summed E-state index contributed by atoms with van der Waals surface area (Å²) in [6.07, 6.45) is 9.10. The topological polar surface area (TPSA) is 40.1 Å². The molecule has 0 aromatic carbocycles. The van der Waals surface area contributed by atoms with Gasteiger partial charge in [0.25, 0.3) is 0 Å². The van der Waals surface area contributed by atoms with E-state index in [1.807, 2.05) is 0 Å². The molecule has 0 spiro atoms. The van der Waals surface area contributed by atoms with Crippen LogP contribution in [0.5, 0.6) is 0 Å². The molecule has 1 fully saturated rings. The lowest BCUT2D eigenvalue weighted by Crippen LogP contribution is -2.33. The zero-order valence-electron chi connectivity index (χ0n) is 9.13. The molecular weight excluding hydrogens is 176 g/mol. The van der Waals surface area contributed by atoms with Crippen molar-refractivity contribution >= 4 is 5.97 Å². The van der Waals surface area contributed by atoms with Gasteiger partial charge >= 0.3 is 0 Å². The molecule has 0 aromatic heterocycles. The third kappa shape index (κ3) is 3.69. The maximum atomic E-state index is 10.6. The Kier molecular flexibility index (Phi) is 4.99. The number of unbranched alkanes of at least 4 members (excludes halogenated alkanes) is 2. The van der Waals surface area contributed by atoms with E-state index in [2.05, 4.69) is 6.92 Å². The SMILES string of the molecule is CCCCCC1CCC(C(=O)[O-])CC1. The number of rotatable bonds is 5. The van der Waals surface area contributed by atoms with Crippen LogP contribution in [0.1, 0.15) is 58.3 Å². The lowest BCUT2D eigenvalue weighted by Gasteiger charge is -2.28. The van der Waals surface area contributed by atoms with E-state index in [0.717, 1.165) is 31.6 Å². The third-order valence-electron chi connectivity index (χ3n) is 3.40. The fourth-order valence-electron chi connectivity index (χ4n) is 2.37. The Morgan fingerprint density at radius 3 is 2.36 bits per heavy atom. The summed E-state index contributed by atoms with van der Waals surface area (Å²) in [5.74, 6) is -0.202. The second-order valence-corrected chi connectivity index (χ2v) is 4.53. The van der Waals surface area contributed by atoms with Crippen LogP contribution < -0.4 is 5.11 Å². The fourth-order valence-corrected chi connectivity index (χ4v) is 2.37. The predicted octanol–water partition coefficient (Wildman–Crippen LogP) is 2.12. The summed E-state index contributed by atoms with van der Waals surface area (Å²) in [5.41, 5.74) is 0. The largest absolute Gasteiger partial charge is 0.550 e. The highest BCUT2D eigenvalue weighted by Crippen LogP contribution is 2.31. The lowest BCUT2D eigenvalue weighted by atomic mass is 9.80. The maximum Gasteiger partial charge on any atom is 0.0445 e. The van der Waals surface area contributed by atoms with E-state index in [1.54, 1.807) is 0 Å². The first-order valence-corrected chi connectivity index (χ1v) is 5.95. The van der Waals surface area contributed by atoms with E-state index in [9.17, 15) is 9.90 Å². The fraction of sp³-hybridized carbons (Fsp3) is 0.917. The average Bonchev–Trinajstić information content (AvgIpc) is 2.19. The van der Waals surface area contributed by atoms with Crippen molar-refractivity contribution in [1.29, 1.82) is 0 Å². The standard InChI is InChI=1S/C12H22O2/c1-2-3-4-5-10-6-8-11(9-7-10)12(13)14/h10-11H,2-9H2,1H3,(H,13,14)/p-1. The van der Waals surface area contributed by atoms with Crippen molar-refractivity contribution in [2.45, 2.75) is 58.3 Å². The van der Waals surface area contributed by atoms with Gasteiger partial charge in [-0.15, -0.1) is 0 Å². The molecule has 0 heterocycles. The van der Waals surface area contributed by atoms with Gasteiger partial charge < -0.3 is 9.90 Å². The van der Waals surface area contributed by atoms with Crippen LogP contribution in [0.3, 0.4) is 0 Å². The summed E-state index contributed by atoms with van der Waals surface area (Å²) < 4.78 is 0. The Morgan fingerprint density at radius 2 is 1.86 bits per heavy atom. The van der Waals surface area contributed by atoms with Gasteiger partial charge in [0.2, 0.25) is 0 Å². The van der Waals surface area contributed by atoms with E-state index in [0.29, 0.717) is 0 Å². The molecule has 0 atom stereocenters. The molecule has 0 aromatic rings. The first-order chi connectivity index (χ1) is 6.74. The van der Waals surface area contributed by atoms with Gasteiger partial charge in [0.1, 0.15) is 0 Å². The number of carboxylic acids is 1. The molecule has 1 saturated carbocycles. The molecule has 0 N–H and O–H groups in total. The minimum Gasteiger partial charge on any atom is -0.550 e. The summed E-state index contributed by atoms with van der Waals surface area (Å²) >= 11 is 0. The molecule has 0 saturated heterocycles. The van der Waals surface area contributed by atoms with Crippen LogP contribution in [-0.4, -0.2) is 5.97 Å². The Morgan fingerprint density at radius 1 is 1.21 bits per heavy atom. The first kappa shape index (κ1) is 11.5. The molecule has 82 valence electrons. The smallest absolute Gasteiger partial charge is 0.0445 e. The third-order valence-corrected chi connectivity index (χ3v) is 3.40. The minimum absolute atomic E-state index is 0.155. The number of carbonyl (C=O) groups is 1. The molecule has 1 rings (SSSR count). The van der Waals surface area contributed by atoms with Crippen molar-refractivity contribution in [3.8, 4) is 0 Å². The Bertz CT molecular complexity index is 169. The highest BCUT2D eigenvalue weighted by atomic mass is 16.4. The normalized spacial score (nSPS) is 27.5. The van der Waals surface area contributed by atoms with Crippen LogP contribution in [0.2, 0.25) is 0 Å². The van der Waals surface area contributed by atoms with E-state index < -0.39 is 5.97 Å². The summed E-state index contributed by atoms with van der Waals surface area (Å²) in [5, 5.41) is 10.6. The molecule has 0 bridgehead atoms. The number of carboxylic acid groups (broad SMARTS) is 1. The van der Waals surface area contributed by atoms with Gasteiger partial charge in [-0.1, -0.05) is 32.6 Å². The van der Waals surface area contributed by atoms with Gasteiger partial charge in [0.15, 0.2) is 0 Å². The summed E-state index contributed by atoms with van der Waals surface area (Å²) in [4.78, 5) is 10.6. The number of aliphatic carboxylic acids is 1. The molecule has 2 nitrogen and oxygen atoms in total. The molecule has 1 aliphatic carbocycles. The average molecular weight is 197 g/mol. The van der Waals surface area contributed by atoms with Gasteiger partial charge in [-0.3, -0.25) is 0 Å². The highest BCUT2D eigenvalue weighted by Gasteiger charge is 2.21. The van der Waals surface area contributed by atoms with Crippen molar-refractivity contribution in [2.75, 3.05) is 0 Å². The molecule has 14 heavy (non-hydrogen) atoms. The lowest BCUT2D eigenvalue weighted by molar-refractivity contribution is -0.312. The predicted molar refractivity (Wildman–Crippen MR) is 54.6 cm³/mol. The van der Waals surface area contributed by atoms with Crippen molar-refractivity contribution in [2.24, 2.45) is 11.8 Å². The van der Waals surface area contributed by atoms with Gasteiger partial charge in [-0.05, 0) is 37.5 Å². The Labute approximate surface area is 86.7 Å². The second kappa shape index (κ2) is 6.05. The summed E-state index contributed by atoms with van der Waals surface area (Å²) in [6.45, 7) is 2.22. The van der Waals surface area contributed by atoms with Crippen LogP contribution in [-0.2, 0) is 4.79 Å². The van der Waals surface area contributed by atoms with E-state index in [-0.39, 0.29) is 5.92 Å². The van der Waals surface area contributed by atoms with Crippen molar-refractivity contribution < 1.29 is 9.90 Å². The van der Waals surface area contributed by atoms with E-state index in [4.69, 9.17) is 0 Å². The van der Waals surface area contributed by atoms with Crippen LogP contribution >= 0.6 is 0 Å². The monoisotopic (exact) mass is 197 g/mol. The molecule has 0 unspecified atom stereocenters. The molecule has 0 radical (unpaired) electrons. The second-order valence-electron chi connectivity index (χ2n) is 4.53. The zero-order chi connectivity index (χ0) is 10.4. The number of hydrogen-bond donors (Lipinski definition) is 0. The quantitative estimate of drug-likeness (QED) is 0.633. The van der Waals surface area contributed by atoms with E-state index >= 15 is 0 Å². The number of carbonyl (C=O) groups excluding carboxylic acids is 1. The Balaban J connectivity index is 2.12. The minimum atomic E-state index is -0.836. The van der Waals surface area contributed by atoms with E-state index in [1.165, 1.54) is 25.7 Å².